The van der Waals surface area contributed by atoms with Gasteiger partial charge in [0, 0.05) is 11.4 Å². The quantitative estimate of drug-likeness (QED) is 0.448. The van der Waals surface area contributed by atoms with Gasteiger partial charge in [0.15, 0.2) is 11.1 Å². The number of amides is 2. The van der Waals surface area contributed by atoms with Crippen molar-refractivity contribution in [2.45, 2.75) is 38.8 Å². The number of phenols is 2. The van der Waals surface area contributed by atoms with Gasteiger partial charge >= 0.3 is 0 Å². The third-order valence-corrected chi connectivity index (χ3v) is 3.91. The molecule has 2 aromatic rings. The van der Waals surface area contributed by atoms with Gasteiger partial charge < -0.3 is 20.8 Å². The van der Waals surface area contributed by atoms with Gasteiger partial charge in [-0.05, 0) is 76.2 Å². The summed E-state index contributed by atoms with van der Waals surface area (Å²) in [5.41, 5.74) is -1.41. The fourth-order valence-corrected chi connectivity index (χ4v) is 2.00. The number of nitrogens with zero attached hydrogens (tertiary/aromatic N) is 2. The number of carbonyl (C=O) groups is 2. The number of hydrogen-bond donors (Lipinski definition) is 4. The second-order valence-electron chi connectivity index (χ2n) is 7.32. The van der Waals surface area contributed by atoms with E-state index in [2.05, 4.69) is 20.9 Å². The molecule has 28 heavy (non-hydrogen) atoms. The van der Waals surface area contributed by atoms with E-state index >= 15 is 0 Å². The number of phenolic OH excluding ortho intramolecular Hbond substituents is 2. The summed E-state index contributed by atoms with van der Waals surface area (Å²) < 4.78 is 0. The average Bonchev–Trinajstić information content (AvgIpc) is 2.64. The normalized spacial score (nSPS) is 12.0. The third-order valence-electron chi connectivity index (χ3n) is 3.91. The number of hydrogen-bond acceptors (Lipinski definition) is 6. The van der Waals surface area contributed by atoms with Gasteiger partial charge in [-0.3, -0.25) is 9.59 Å². The standard InChI is InChI=1S/C20H24N4O4/c1-19(2,17(27)21-13-5-9-15(25)10-6-13)23-24-20(3,4)18(28)22-14-7-11-16(26)12-8-14/h5-12,25-26H,1-4H3,(H,21,27)(H,22,28)/b24-23+. The topological polar surface area (TPSA) is 123 Å². The van der Waals surface area contributed by atoms with Crippen LogP contribution in [0.5, 0.6) is 11.5 Å². The van der Waals surface area contributed by atoms with Gasteiger partial charge in [0.25, 0.3) is 11.8 Å². The first-order valence-corrected chi connectivity index (χ1v) is 8.65. The van der Waals surface area contributed by atoms with Crippen LogP contribution < -0.4 is 10.6 Å². The molecule has 0 fully saturated rings. The number of azo groups is 1. The molecule has 0 bridgehead atoms. The van der Waals surface area contributed by atoms with E-state index in [9.17, 15) is 19.8 Å². The van der Waals surface area contributed by atoms with Gasteiger partial charge in [0.2, 0.25) is 0 Å². The van der Waals surface area contributed by atoms with Crippen LogP contribution in [0.15, 0.2) is 58.8 Å². The second-order valence-corrected chi connectivity index (χ2v) is 7.32. The van der Waals surface area contributed by atoms with Crippen LogP contribution in [0.25, 0.3) is 0 Å². The minimum Gasteiger partial charge on any atom is -0.508 e. The predicted octanol–water partition coefficient (Wildman–Crippen LogP) is 3.68. The van der Waals surface area contributed by atoms with Crippen molar-refractivity contribution < 1.29 is 19.8 Å². The molecule has 0 aliphatic rings. The Bertz CT molecular complexity index is 799. The van der Waals surface area contributed by atoms with Crippen LogP contribution in [-0.2, 0) is 9.59 Å². The number of rotatable bonds is 6. The van der Waals surface area contributed by atoms with Crippen molar-refractivity contribution >= 4 is 23.2 Å². The zero-order valence-electron chi connectivity index (χ0n) is 16.2. The number of carbonyl (C=O) groups excluding carboxylic acids is 2. The molecule has 0 atom stereocenters. The summed E-state index contributed by atoms with van der Waals surface area (Å²) in [6.45, 7) is 6.33. The van der Waals surface area contributed by atoms with Crippen molar-refractivity contribution in [1.82, 2.24) is 0 Å². The molecular formula is C20H24N4O4. The monoisotopic (exact) mass is 384 g/mol. The lowest BCUT2D eigenvalue weighted by Crippen LogP contribution is -2.38. The average molecular weight is 384 g/mol. The maximum atomic E-state index is 12.5. The van der Waals surface area contributed by atoms with E-state index in [0.717, 1.165) is 0 Å². The van der Waals surface area contributed by atoms with Crippen molar-refractivity contribution in [1.29, 1.82) is 0 Å². The van der Waals surface area contributed by atoms with Crippen LogP contribution in [-0.4, -0.2) is 33.1 Å². The summed E-state index contributed by atoms with van der Waals surface area (Å²) >= 11 is 0. The van der Waals surface area contributed by atoms with Crippen LogP contribution in [0.3, 0.4) is 0 Å². The molecule has 0 aromatic heterocycles. The van der Waals surface area contributed by atoms with Crippen LogP contribution in [0, 0.1) is 0 Å². The Labute approximate surface area is 163 Å². The number of anilines is 2. The molecule has 2 aromatic carbocycles. The maximum Gasteiger partial charge on any atom is 0.253 e. The Kier molecular flexibility index (Phi) is 6.03. The van der Waals surface area contributed by atoms with Gasteiger partial charge in [-0.1, -0.05) is 0 Å². The zero-order chi connectivity index (χ0) is 20.9. The first-order valence-electron chi connectivity index (χ1n) is 8.65. The minimum absolute atomic E-state index is 0.0957. The molecule has 4 N–H and O–H groups in total. The molecule has 0 aliphatic heterocycles. The van der Waals surface area contributed by atoms with Crippen molar-refractivity contribution in [3.8, 4) is 11.5 Å². The molecule has 2 amide bonds. The van der Waals surface area contributed by atoms with Crippen molar-refractivity contribution in [3.63, 3.8) is 0 Å². The summed E-state index contributed by atoms with van der Waals surface area (Å²) in [6, 6.07) is 12.1. The first kappa shape index (κ1) is 20.9. The van der Waals surface area contributed by atoms with Gasteiger partial charge in [0.05, 0.1) is 0 Å². The molecule has 8 nitrogen and oxygen atoms in total. The highest BCUT2D eigenvalue weighted by Crippen LogP contribution is 2.21. The summed E-state index contributed by atoms with van der Waals surface area (Å²) in [6.07, 6.45) is 0. The van der Waals surface area contributed by atoms with Gasteiger partial charge in [-0.15, -0.1) is 0 Å². The summed E-state index contributed by atoms with van der Waals surface area (Å²) in [5.74, 6) is -0.620. The highest BCUT2D eigenvalue weighted by atomic mass is 16.3. The van der Waals surface area contributed by atoms with E-state index < -0.39 is 22.9 Å². The molecular weight excluding hydrogens is 360 g/mol. The third kappa shape index (κ3) is 5.54. The van der Waals surface area contributed by atoms with E-state index in [0.29, 0.717) is 11.4 Å². The lowest BCUT2D eigenvalue weighted by molar-refractivity contribution is -0.122. The van der Waals surface area contributed by atoms with E-state index in [-0.39, 0.29) is 11.5 Å². The second kappa shape index (κ2) is 8.08. The number of nitrogens with one attached hydrogen (secondary N) is 2. The van der Waals surface area contributed by atoms with Crippen LogP contribution in [0.4, 0.5) is 11.4 Å². The molecule has 8 heteroatoms. The SMILES string of the molecule is CC(C)(/N=N/C(C)(C)C(=O)Nc1ccc(O)cc1)C(=O)Nc1ccc(O)cc1. The van der Waals surface area contributed by atoms with Crippen LogP contribution in [0.2, 0.25) is 0 Å². The Hall–Kier alpha value is -3.42. The minimum atomic E-state index is -1.21. The Morgan fingerprint density at radius 2 is 0.964 bits per heavy atom. The molecule has 0 spiro atoms. The molecule has 0 unspecified atom stereocenters. The van der Waals surface area contributed by atoms with Gasteiger partial charge in [-0.25, -0.2) is 0 Å². The van der Waals surface area contributed by atoms with E-state index in [4.69, 9.17) is 0 Å². The largest absolute Gasteiger partial charge is 0.508 e. The van der Waals surface area contributed by atoms with E-state index in [1.54, 1.807) is 52.0 Å². The van der Waals surface area contributed by atoms with Gasteiger partial charge in [0.1, 0.15) is 11.5 Å². The van der Waals surface area contributed by atoms with Crippen LogP contribution in [0.1, 0.15) is 27.7 Å². The predicted molar refractivity (Wildman–Crippen MR) is 106 cm³/mol. The Morgan fingerprint density at radius 1 is 0.679 bits per heavy atom. The molecule has 0 saturated heterocycles. The van der Waals surface area contributed by atoms with Crippen molar-refractivity contribution in [2.75, 3.05) is 10.6 Å². The maximum absolute atomic E-state index is 12.5. The fraction of sp³-hybridized carbons (Fsp3) is 0.300. The molecule has 2 rings (SSSR count). The summed E-state index contributed by atoms with van der Waals surface area (Å²) in [7, 11) is 0. The zero-order valence-corrected chi connectivity index (χ0v) is 16.2. The lowest BCUT2D eigenvalue weighted by atomic mass is 10.0. The summed E-state index contributed by atoms with van der Waals surface area (Å²) in [5, 5.41) is 32.1. The molecule has 0 radical (unpaired) electrons. The fourth-order valence-electron chi connectivity index (χ4n) is 2.00. The van der Waals surface area contributed by atoms with Gasteiger partial charge in [-0.2, -0.15) is 10.2 Å². The van der Waals surface area contributed by atoms with E-state index in [1.165, 1.54) is 24.3 Å². The lowest BCUT2D eigenvalue weighted by Gasteiger charge is -2.22. The molecule has 0 saturated carbocycles. The molecule has 0 heterocycles. The summed E-state index contributed by atoms with van der Waals surface area (Å²) in [4.78, 5) is 25.0. The number of benzene rings is 2. The highest BCUT2D eigenvalue weighted by molar-refractivity contribution is 5.98. The Balaban J connectivity index is 2.05. The smallest absolute Gasteiger partial charge is 0.253 e. The molecule has 0 aliphatic carbocycles. The molecule has 148 valence electrons. The van der Waals surface area contributed by atoms with E-state index in [1.807, 2.05) is 0 Å². The number of aromatic hydroxyl groups is 2. The first-order chi connectivity index (χ1) is 13.0. The van der Waals surface area contributed by atoms with Crippen molar-refractivity contribution in [3.05, 3.63) is 48.5 Å². The Morgan fingerprint density at radius 3 is 1.25 bits per heavy atom. The highest BCUT2D eigenvalue weighted by Gasteiger charge is 2.32. The van der Waals surface area contributed by atoms with Crippen LogP contribution >= 0.6 is 0 Å². The van der Waals surface area contributed by atoms with Crippen molar-refractivity contribution in [2.24, 2.45) is 10.2 Å².